The average Bonchev–Trinajstić information content (AvgIpc) is 2.46. The molecule has 5 nitrogen and oxygen atoms in total. The monoisotopic (exact) mass is 276 g/mol. The van der Waals surface area contributed by atoms with Crippen molar-refractivity contribution in [3.05, 3.63) is 35.9 Å². The van der Waals surface area contributed by atoms with E-state index < -0.39 is 5.54 Å². The molecule has 1 amide bonds. The second-order valence-electron chi connectivity index (χ2n) is 5.04. The van der Waals surface area contributed by atoms with E-state index >= 15 is 0 Å². The highest BCUT2D eigenvalue weighted by atomic mass is 16.5. The van der Waals surface area contributed by atoms with Gasteiger partial charge in [-0.05, 0) is 36.6 Å². The van der Waals surface area contributed by atoms with Crippen LogP contribution in [0.25, 0.3) is 6.08 Å². The molecule has 0 saturated carbocycles. The number of nitrogens with two attached hydrogens (primary N) is 1. The first-order valence-corrected chi connectivity index (χ1v) is 6.68. The molecule has 1 heterocycles. The first-order chi connectivity index (χ1) is 9.63. The third-order valence-corrected chi connectivity index (χ3v) is 3.48. The number of amides is 1. The van der Waals surface area contributed by atoms with Crippen LogP contribution in [0.3, 0.4) is 0 Å². The number of nitrogen functional groups attached to an aromatic ring is 1. The quantitative estimate of drug-likeness (QED) is 0.564. The highest BCUT2D eigenvalue weighted by molar-refractivity contribution is 5.92. The molecule has 4 N–H and O–H groups in total. The van der Waals surface area contributed by atoms with Crippen molar-refractivity contribution in [1.82, 2.24) is 5.32 Å². The third kappa shape index (κ3) is 3.82. The Labute approximate surface area is 118 Å². The zero-order valence-corrected chi connectivity index (χ0v) is 11.3. The van der Waals surface area contributed by atoms with Crippen molar-refractivity contribution in [1.29, 1.82) is 0 Å². The van der Waals surface area contributed by atoms with E-state index in [1.165, 1.54) is 6.08 Å². The van der Waals surface area contributed by atoms with E-state index in [1.54, 1.807) is 18.2 Å². The van der Waals surface area contributed by atoms with Gasteiger partial charge in [0.1, 0.15) is 0 Å². The first kappa shape index (κ1) is 14.6. The fraction of sp³-hybridized carbons (Fsp3) is 0.400. The van der Waals surface area contributed by atoms with Crippen LogP contribution < -0.4 is 11.1 Å². The number of ether oxygens (including phenoxy) is 1. The summed E-state index contributed by atoms with van der Waals surface area (Å²) in [6.07, 6.45) is 4.42. The summed E-state index contributed by atoms with van der Waals surface area (Å²) in [5.41, 5.74) is 6.64. The molecule has 1 aliphatic rings. The van der Waals surface area contributed by atoms with Gasteiger partial charge in [-0.1, -0.05) is 12.1 Å². The van der Waals surface area contributed by atoms with E-state index in [2.05, 4.69) is 5.32 Å². The molecule has 0 unspecified atom stereocenters. The zero-order valence-electron chi connectivity index (χ0n) is 11.3. The molecular weight excluding hydrogens is 256 g/mol. The predicted molar refractivity (Wildman–Crippen MR) is 77.9 cm³/mol. The van der Waals surface area contributed by atoms with Crippen molar-refractivity contribution in [3.8, 4) is 0 Å². The summed E-state index contributed by atoms with van der Waals surface area (Å²) in [6.45, 7) is 1.04. The molecule has 2 rings (SSSR count). The molecule has 20 heavy (non-hydrogen) atoms. The number of hydrogen-bond donors (Lipinski definition) is 3. The highest BCUT2D eigenvalue weighted by Gasteiger charge is 2.32. The number of aliphatic hydroxyl groups excluding tert-OH is 1. The number of hydrogen-bond acceptors (Lipinski definition) is 4. The summed E-state index contributed by atoms with van der Waals surface area (Å²) in [5.74, 6) is -0.219. The number of aliphatic hydroxyl groups is 1. The average molecular weight is 276 g/mol. The molecule has 0 atom stereocenters. The highest BCUT2D eigenvalue weighted by Crippen LogP contribution is 2.20. The molecule has 0 radical (unpaired) electrons. The van der Waals surface area contributed by atoms with Crippen LogP contribution in [0, 0.1) is 0 Å². The molecule has 1 aromatic rings. The number of carbonyl (C=O) groups excluding carboxylic acids is 1. The molecule has 0 aliphatic carbocycles. The summed E-state index contributed by atoms with van der Waals surface area (Å²) in [6, 6.07) is 7.29. The van der Waals surface area contributed by atoms with Gasteiger partial charge < -0.3 is 20.9 Å². The van der Waals surface area contributed by atoms with Crippen LogP contribution in [0.15, 0.2) is 30.3 Å². The van der Waals surface area contributed by atoms with E-state index in [4.69, 9.17) is 10.5 Å². The molecule has 1 aliphatic heterocycles. The molecule has 0 bridgehead atoms. The van der Waals surface area contributed by atoms with Crippen LogP contribution >= 0.6 is 0 Å². The Balaban J connectivity index is 1.97. The van der Waals surface area contributed by atoms with Gasteiger partial charge in [-0.25, -0.2) is 0 Å². The van der Waals surface area contributed by atoms with E-state index in [1.807, 2.05) is 12.1 Å². The molecule has 0 aromatic heterocycles. The Kier molecular flexibility index (Phi) is 4.76. The van der Waals surface area contributed by atoms with Crippen molar-refractivity contribution < 1.29 is 14.6 Å². The van der Waals surface area contributed by atoms with Gasteiger partial charge in [0.15, 0.2) is 0 Å². The maximum absolute atomic E-state index is 12.0. The van der Waals surface area contributed by atoms with Gasteiger partial charge in [-0.3, -0.25) is 4.79 Å². The maximum Gasteiger partial charge on any atom is 0.244 e. The minimum absolute atomic E-state index is 0.0752. The van der Waals surface area contributed by atoms with Crippen LogP contribution in [0.1, 0.15) is 18.4 Å². The Morgan fingerprint density at radius 1 is 1.45 bits per heavy atom. The van der Waals surface area contributed by atoms with Gasteiger partial charge >= 0.3 is 0 Å². The normalized spacial score (nSPS) is 18.1. The summed E-state index contributed by atoms with van der Waals surface area (Å²) in [5, 5.41) is 12.4. The van der Waals surface area contributed by atoms with Crippen LogP contribution in [0.4, 0.5) is 5.69 Å². The van der Waals surface area contributed by atoms with Crippen LogP contribution in [-0.2, 0) is 9.53 Å². The van der Waals surface area contributed by atoms with Gasteiger partial charge in [0, 0.05) is 25.0 Å². The third-order valence-electron chi connectivity index (χ3n) is 3.48. The topological polar surface area (TPSA) is 84.6 Å². The Morgan fingerprint density at radius 3 is 2.85 bits per heavy atom. The van der Waals surface area contributed by atoms with Gasteiger partial charge in [0.2, 0.25) is 5.91 Å². The molecular formula is C15H20N2O3. The predicted octanol–water partition coefficient (Wildman–Crippen LogP) is 0.940. The van der Waals surface area contributed by atoms with Gasteiger partial charge in [0.05, 0.1) is 12.1 Å². The van der Waals surface area contributed by atoms with E-state index in [0.717, 1.165) is 5.56 Å². The van der Waals surface area contributed by atoms with Crippen LogP contribution in [0.5, 0.6) is 0 Å². The standard InChI is InChI=1S/C15H20N2O3/c16-13-3-1-2-12(10-13)4-5-14(19)17-15(11-18)6-8-20-9-7-15/h1-5,10,18H,6-9,11,16H2,(H,17,19)/b5-4+. The molecule has 1 saturated heterocycles. The van der Waals surface area contributed by atoms with Crippen LogP contribution in [0.2, 0.25) is 0 Å². The van der Waals surface area contributed by atoms with Gasteiger partial charge in [-0.2, -0.15) is 0 Å². The Bertz CT molecular complexity index is 494. The smallest absolute Gasteiger partial charge is 0.244 e. The lowest BCUT2D eigenvalue weighted by molar-refractivity contribution is -0.120. The van der Waals surface area contributed by atoms with Crippen molar-refractivity contribution >= 4 is 17.7 Å². The maximum atomic E-state index is 12.0. The van der Waals surface area contributed by atoms with Gasteiger partial charge in [0.25, 0.3) is 0 Å². The molecule has 5 heteroatoms. The lowest BCUT2D eigenvalue weighted by atomic mass is 9.91. The number of anilines is 1. The summed E-state index contributed by atoms with van der Waals surface area (Å²) >= 11 is 0. The minimum Gasteiger partial charge on any atom is -0.399 e. The van der Waals surface area contributed by atoms with E-state index in [-0.39, 0.29) is 12.5 Å². The number of benzene rings is 1. The van der Waals surface area contributed by atoms with Crippen molar-refractivity contribution in [2.24, 2.45) is 0 Å². The molecule has 1 aromatic carbocycles. The van der Waals surface area contributed by atoms with Gasteiger partial charge in [-0.15, -0.1) is 0 Å². The second-order valence-corrected chi connectivity index (χ2v) is 5.04. The summed E-state index contributed by atoms with van der Waals surface area (Å²) in [7, 11) is 0. The second kappa shape index (κ2) is 6.54. The fourth-order valence-corrected chi connectivity index (χ4v) is 2.22. The molecule has 0 spiro atoms. The SMILES string of the molecule is Nc1cccc(/C=C/C(=O)NC2(CO)CCOCC2)c1. The summed E-state index contributed by atoms with van der Waals surface area (Å²) < 4.78 is 5.26. The van der Waals surface area contributed by atoms with E-state index in [9.17, 15) is 9.90 Å². The molecule has 1 fully saturated rings. The van der Waals surface area contributed by atoms with Crippen LogP contribution in [-0.4, -0.2) is 36.4 Å². The fourth-order valence-electron chi connectivity index (χ4n) is 2.22. The Hall–Kier alpha value is -1.85. The summed E-state index contributed by atoms with van der Waals surface area (Å²) in [4.78, 5) is 12.0. The minimum atomic E-state index is -0.560. The first-order valence-electron chi connectivity index (χ1n) is 6.68. The van der Waals surface area contributed by atoms with Crippen molar-refractivity contribution in [2.75, 3.05) is 25.6 Å². The lowest BCUT2D eigenvalue weighted by Gasteiger charge is -2.35. The van der Waals surface area contributed by atoms with E-state index in [0.29, 0.717) is 31.7 Å². The molecule has 108 valence electrons. The number of rotatable bonds is 4. The lowest BCUT2D eigenvalue weighted by Crippen LogP contribution is -2.54. The zero-order chi connectivity index (χ0) is 14.4. The van der Waals surface area contributed by atoms with Crippen molar-refractivity contribution in [2.45, 2.75) is 18.4 Å². The number of carbonyl (C=O) groups is 1. The number of nitrogens with one attached hydrogen (secondary N) is 1. The van der Waals surface area contributed by atoms with Crippen molar-refractivity contribution in [3.63, 3.8) is 0 Å². The largest absolute Gasteiger partial charge is 0.399 e. The Morgan fingerprint density at radius 2 is 2.20 bits per heavy atom.